The quantitative estimate of drug-likeness (QED) is 0.844. The molecular weight excluding hydrogens is 288 g/mol. The van der Waals surface area contributed by atoms with Gasteiger partial charge in [-0.1, -0.05) is 0 Å². The van der Waals surface area contributed by atoms with E-state index in [0.717, 1.165) is 24.8 Å². The number of anilines is 1. The molecule has 0 saturated carbocycles. The zero-order chi connectivity index (χ0) is 14.8. The average Bonchev–Trinajstić information content (AvgIpc) is 3.01. The Morgan fingerprint density at radius 3 is 3.10 bits per heavy atom. The summed E-state index contributed by atoms with van der Waals surface area (Å²) in [4.78, 5) is 15.2. The number of carbonyl (C=O) groups excluding carboxylic acids is 1. The molecule has 2 aromatic rings. The predicted octanol–water partition coefficient (Wildman–Crippen LogP) is 3.78. The molecule has 1 fully saturated rings. The summed E-state index contributed by atoms with van der Waals surface area (Å²) in [6.45, 7) is 2.07. The number of aromatic amines is 1. The van der Waals surface area contributed by atoms with Crippen LogP contribution in [-0.4, -0.2) is 23.1 Å². The maximum absolute atomic E-state index is 12.0. The number of H-pyrrole nitrogens is 1. The van der Waals surface area contributed by atoms with E-state index in [2.05, 4.69) is 17.2 Å². The minimum absolute atomic E-state index is 0.00774. The Balaban J connectivity index is 1.56. The number of hydrogen-bond acceptors (Lipinski definition) is 4. The van der Waals surface area contributed by atoms with Crippen LogP contribution in [0.4, 0.5) is 5.69 Å². The fourth-order valence-corrected chi connectivity index (χ4v) is 2.84. The molecule has 1 amide bonds. The van der Waals surface area contributed by atoms with Crippen LogP contribution < -0.4 is 5.32 Å². The zero-order valence-corrected chi connectivity index (χ0v) is 12.7. The summed E-state index contributed by atoms with van der Waals surface area (Å²) in [6, 6.07) is 5.44. The van der Waals surface area contributed by atoms with Gasteiger partial charge in [-0.3, -0.25) is 4.79 Å². The second-order valence-corrected chi connectivity index (χ2v) is 5.83. The third kappa shape index (κ3) is 3.51. The molecular formula is C15H18N2O3S. The summed E-state index contributed by atoms with van der Waals surface area (Å²) in [5.74, 6) is -0.00774. The van der Waals surface area contributed by atoms with Crippen LogP contribution in [0.5, 0.6) is 0 Å². The van der Waals surface area contributed by atoms with E-state index >= 15 is 0 Å². The summed E-state index contributed by atoms with van der Waals surface area (Å²) in [7, 11) is 0. The number of aromatic nitrogens is 1. The first-order valence-corrected chi connectivity index (χ1v) is 7.59. The van der Waals surface area contributed by atoms with Gasteiger partial charge >= 0.3 is 0 Å². The van der Waals surface area contributed by atoms with Crippen LogP contribution in [0.15, 0.2) is 22.6 Å². The number of carbonyl (C=O) groups is 1. The van der Waals surface area contributed by atoms with E-state index in [9.17, 15) is 4.79 Å². The molecule has 2 N–H and O–H groups in total. The Morgan fingerprint density at radius 1 is 1.48 bits per heavy atom. The van der Waals surface area contributed by atoms with E-state index in [4.69, 9.17) is 21.4 Å². The van der Waals surface area contributed by atoms with Gasteiger partial charge in [-0.05, 0) is 50.5 Å². The van der Waals surface area contributed by atoms with Gasteiger partial charge in [0, 0.05) is 18.2 Å². The van der Waals surface area contributed by atoms with Gasteiger partial charge in [0.1, 0.15) is 0 Å². The van der Waals surface area contributed by atoms with Crippen molar-refractivity contribution in [2.75, 3.05) is 5.32 Å². The van der Waals surface area contributed by atoms with Crippen molar-refractivity contribution in [3.05, 3.63) is 23.0 Å². The van der Waals surface area contributed by atoms with Gasteiger partial charge in [0.25, 0.3) is 4.84 Å². The Hall–Kier alpha value is -1.66. The molecule has 1 aliphatic heterocycles. The van der Waals surface area contributed by atoms with Crippen molar-refractivity contribution in [1.29, 1.82) is 0 Å². The zero-order valence-electron chi connectivity index (χ0n) is 11.8. The van der Waals surface area contributed by atoms with Gasteiger partial charge in [0.2, 0.25) is 5.91 Å². The summed E-state index contributed by atoms with van der Waals surface area (Å²) in [5, 5.41) is 2.88. The number of rotatable bonds is 4. The molecule has 1 aromatic heterocycles. The molecule has 1 saturated heterocycles. The van der Waals surface area contributed by atoms with Crippen LogP contribution in [0.1, 0.15) is 32.6 Å². The lowest BCUT2D eigenvalue weighted by atomic mass is 10.1. The van der Waals surface area contributed by atoms with E-state index in [1.165, 1.54) is 0 Å². The Bertz CT molecular complexity index is 706. The van der Waals surface area contributed by atoms with Crippen LogP contribution in [0.25, 0.3) is 11.1 Å². The number of benzene rings is 1. The first-order valence-electron chi connectivity index (χ1n) is 7.18. The number of oxazole rings is 1. The predicted molar refractivity (Wildman–Crippen MR) is 82.8 cm³/mol. The van der Waals surface area contributed by atoms with Crippen molar-refractivity contribution in [2.24, 2.45) is 0 Å². The lowest BCUT2D eigenvalue weighted by Gasteiger charge is -2.10. The average molecular weight is 306 g/mol. The molecule has 0 bridgehead atoms. The van der Waals surface area contributed by atoms with Gasteiger partial charge in [0.15, 0.2) is 5.58 Å². The molecule has 5 nitrogen and oxygen atoms in total. The van der Waals surface area contributed by atoms with Gasteiger partial charge < -0.3 is 19.5 Å². The lowest BCUT2D eigenvalue weighted by Crippen LogP contribution is -2.15. The molecule has 3 rings (SSSR count). The summed E-state index contributed by atoms with van der Waals surface area (Å²) in [6.07, 6.45) is 3.90. The van der Waals surface area contributed by atoms with Gasteiger partial charge in [0.05, 0.1) is 17.7 Å². The maximum Gasteiger partial charge on any atom is 0.266 e. The number of fused-ring (bicyclic) bond motifs is 1. The highest BCUT2D eigenvalue weighted by atomic mass is 32.1. The van der Waals surface area contributed by atoms with Crippen molar-refractivity contribution >= 4 is 34.9 Å². The van der Waals surface area contributed by atoms with Crippen molar-refractivity contribution in [2.45, 2.75) is 44.8 Å². The van der Waals surface area contributed by atoms with Crippen LogP contribution in [0.2, 0.25) is 0 Å². The number of amides is 1. The summed E-state index contributed by atoms with van der Waals surface area (Å²) < 4.78 is 11.0. The van der Waals surface area contributed by atoms with Crippen LogP contribution in [0.3, 0.4) is 0 Å². The largest absolute Gasteiger partial charge is 0.429 e. The molecule has 112 valence electrons. The highest BCUT2D eigenvalue weighted by Crippen LogP contribution is 2.23. The van der Waals surface area contributed by atoms with Crippen molar-refractivity contribution in [3.8, 4) is 0 Å². The van der Waals surface area contributed by atoms with E-state index in [-0.39, 0.29) is 12.0 Å². The second kappa shape index (κ2) is 5.99. The van der Waals surface area contributed by atoms with Crippen molar-refractivity contribution < 1.29 is 13.9 Å². The molecule has 0 spiro atoms. The van der Waals surface area contributed by atoms with Gasteiger partial charge in [-0.2, -0.15) is 0 Å². The fourth-order valence-electron chi connectivity index (χ4n) is 2.64. The van der Waals surface area contributed by atoms with Crippen LogP contribution >= 0.6 is 12.2 Å². The SMILES string of the molecule is CC1CCC(CCC(=O)Nc2ccc3[nH]c(=S)oc3c2)O1. The van der Waals surface area contributed by atoms with Crippen LogP contribution in [0, 0.1) is 4.84 Å². The maximum atomic E-state index is 12.0. The minimum atomic E-state index is -0.00774. The highest BCUT2D eigenvalue weighted by molar-refractivity contribution is 7.71. The second-order valence-electron chi connectivity index (χ2n) is 5.46. The number of ether oxygens (including phenoxy) is 1. The van der Waals surface area contributed by atoms with Crippen molar-refractivity contribution in [3.63, 3.8) is 0 Å². The summed E-state index contributed by atoms with van der Waals surface area (Å²) in [5.41, 5.74) is 2.18. The molecule has 6 heteroatoms. The molecule has 2 unspecified atom stereocenters. The molecule has 1 aliphatic rings. The molecule has 1 aromatic carbocycles. The highest BCUT2D eigenvalue weighted by Gasteiger charge is 2.22. The smallest absolute Gasteiger partial charge is 0.266 e. The van der Waals surface area contributed by atoms with Gasteiger partial charge in [-0.25, -0.2) is 0 Å². The molecule has 0 radical (unpaired) electrons. The van der Waals surface area contributed by atoms with E-state index in [1.807, 2.05) is 12.1 Å². The topological polar surface area (TPSA) is 67.3 Å². The lowest BCUT2D eigenvalue weighted by molar-refractivity contribution is -0.116. The van der Waals surface area contributed by atoms with Crippen molar-refractivity contribution in [1.82, 2.24) is 4.98 Å². The number of nitrogens with one attached hydrogen (secondary N) is 2. The number of hydrogen-bond donors (Lipinski definition) is 2. The monoisotopic (exact) mass is 306 g/mol. The Morgan fingerprint density at radius 2 is 2.33 bits per heavy atom. The minimum Gasteiger partial charge on any atom is -0.429 e. The first kappa shape index (κ1) is 14.3. The van der Waals surface area contributed by atoms with E-state index in [0.29, 0.717) is 28.6 Å². The molecule has 2 heterocycles. The Kier molecular flexibility index (Phi) is 4.07. The van der Waals surface area contributed by atoms with Gasteiger partial charge in [-0.15, -0.1) is 0 Å². The van der Waals surface area contributed by atoms with E-state index in [1.54, 1.807) is 6.07 Å². The standard InChI is InChI=1S/C15H18N2O3S/c1-9-2-4-11(19-9)5-7-14(18)16-10-3-6-12-13(8-10)20-15(21)17-12/h3,6,8-9,11H,2,4-5,7H2,1H3,(H,16,18)(H,17,21). The third-order valence-electron chi connectivity index (χ3n) is 3.72. The molecule has 0 aliphatic carbocycles. The third-order valence-corrected chi connectivity index (χ3v) is 3.90. The Labute approximate surface area is 127 Å². The fraction of sp³-hybridized carbons (Fsp3) is 0.467. The normalized spacial score (nSPS) is 21.8. The molecule has 2 atom stereocenters. The van der Waals surface area contributed by atoms with Crippen LogP contribution in [-0.2, 0) is 9.53 Å². The van der Waals surface area contributed by atoms with E-state index < -0.39 is 0 Å². The molecule has 21 heavy (non-hydrogen) atoms. The first-order chi connectivity index (χ1) is 10.1. The summed E-state index contributed by atoms with van der Waals surface area (Å²) >= 11 is 4.93.